The Morgan fingerprint density at radius 1 is 1.11 bits per heavy atom. The fourth-order valence-corrected chi connectivity index (χ4v) is 3.21. The molecule has 0 saturated carbocycles. The third-order valence-electron chi connectivity index (χ3n) is 3.42. The van der Waals surface area contributed by atoms with Gasteiger partial charge < -0.3 is 14.8 Å². The number of hydrogen-bond acceptors (Lipinski definition) is 6. The normalized spacial score (nSPS) is 12.8. The first kappa shape index (κ1) is 23.8. The first-order chi connectivity index (χ1) is 12.9. The summed E-state index contributed by atoms with van der Waals surface area (Å²) in [6.45, 7) is 5.17. The van der Waals surface area contributed by atoms with Gasteiger partial charge in [0.2, 0.25) is 0 Å². The molecule has 1 rings (SSSR count). The molecule has 0 saturated heterocycles. The molecule has 1 unspecified atom stereocenters. The van der Waals surface area contributed by atoms with Gasteiger partial charge in [0.05, 0.1) is 9.93 Å². The van der Waals surface area contributed by atoms with E-state index in [1.807, 2.05) is 30.3 Å². The van der Waals surface area contributed by atoms with Crippen molar-refractivity contribution in [3.63, 3.8) is 0 Å². The van der Waals surface area contributed by atoms with Crippen LogP contribution in [0.4, 0.5) is 4.79 Å². The van der Waals surface area contributed by atoms with E-state index >= 15 is 0 Å². The van der Waals surface area contributed by atoms with Crippen LogP contribution in [0.1, 0.15) is 39.2 Å². The number of nitrogens with one attached hydrogen (secondary N) is 1. The molecular weight excluding hydrogens is 382 g/mol. The van der Waals surface area contributed by atoms with Crippen molar-refractivity contribution in [1.29, 1.82) is 0 Å². The number of amides is 1. The number of esters is 1. The number of benzene rings is 1. The Morgan fingerprint density at radius 2 is 1.71 bits per heavy atom. The number of carbonyl (C=O) groups excluding carboxylic acids is 3. The van der Waals surface area contributed by atoms with Gasteiger partial charge in [-0.05, 0) is 32.8 Å². The van der Waals surface area contributed by atoms with E-state index in [4.69, 9.17) is 9.47 Å². The van der Waals surface area contributed by atoms with Gasteiger partial charge in [-0.15, -0.1) is 4.21 Å². The van der Waals surface area contributed by atoms with Crippen LogP contribution in [0.15, 0.2) is 30.3 Å². The van der Waals surface area contributed by atoms with E-state index in [0.29, 0.717) is 0 Å². The van der Waals surface area contributed by atoms with Crippen LogP contribution in [0.2, 0.25) is 0 Å². The molecule has 0 heterocycles. The number of ether oxygens (including phenoxy) is 2. The number of ketones is 1. The minimum Gasteiger partial charge on any atom is -0.459 e. The zero-order chi connectivity index (χ0) is 21.4. The van der Waals surface area contributed by atoms with Crippen molar-refractivity contribution in [3.8, 4) is 0 Å². The Hall–Kier alpha value is -2.22. The molecule has 0 bridgehead atoms. The van der Waals surface area contributed by atoms with Gasteiger partial charge in [-0.25, -0.2) is 9.59 Å². The summed E-state index contributed by atoms with van der Waals surface area (Å²) in [6, 6.07) is 8.09. The van der Waals surface area contributed by atoms with Crippen molar-refractivity contribution < 1.29 is 28.1 Å². The Morgan fingerprint density at radius 3 is 2.25 bits per heavy atom. The Bertz CT molecular complexity index is 720. The summed E-state index contributed by atoms with van der Waals surface area (Å²) in [6.07, 6.45) is 2.29. The van der Waals surface area contributed by atoms with Crippen LogP contribution in [0.5, 0.6) is 0 Å². The van der Waals surface area contributed by atoms with Gasteiger partial charge in [0.25, 0.3) is 0 Å². The standard InChI is InChI=1S/C20H29NO6S/c1-20(2,3)27-19(24)21-17(12-11-16(22)14-28(4,5)25)18(23)26-13-15-9-7-6-8-10-15/h6-10,17H,11-14H2,1-5H3/p+1. The number of rotatable bonds is 9. The van der Waals surface area contributed by atoms with Crippen LogP contribution in [0.3, 0.4) is 0 Å². The number of carbonyl (C=O) groups is 3. The van der Waals surface area contributed by atoms with Crippen LogP contribution in [-0.4, -0.2) is 47.8 Å². The fourth-order valence-electron chi connectivity index (χ4n) is 2.29. The van der Waals surface area contributed by atoms with Crippen molar-refractivity contribution >= 4 is 27.8 Å². The van der Waals surface area contributed by atoms with Crippen molar-refractivity contribution in [1.82, 2.24) is 5.32 Å². The second-order valence-corrected chi connectivity index (χ2v) is 11.1. The molecule has 0 aliphatic rings. The summed E-state index contributed by atoms with van der Waals surface area (Å²) in [4.78, 5) is 36.5. The lowest BCUT2D eigenvalue weighted by molar-refractivity contribution is -0.147. The molecule has 0 spiro atoms. The lowest BCUT2D eigenvalue weighted by Crippen LogP contribution is -2.44. The summed E-state index contributed by atoms with van der Waals surface area (Å²) in [5, 5.41) is 2.47. The zero-order valence-electron chi connectivity index (χ0n) is 17.2. The highest BCUT2D eigenvalue weighted by Gasteiger charge is 2.27. The van der Waals surface area contributed by atoms with Crippen molar-refractivity contribution in [2.24, 2.45) is 0 Å². The summed E-state index contributed by atoms with van der Waals surface area (Å²) in [5.41, 5.74) is 0.0774. The third kappa shape index (κ3) is 10.8. The van der Waals surface area contributed by atoms with Crippen LogP contribution in [0.25, 0.3) is 0 Å². The predicted octanol–water partition coefficient (Wildman–Crippen LogP) is 2.73. The quantitative estimate of drug-likeness (QED) is 0.495. The number of hydrogen-bond donors (Lipinski definition) is 1. The molecule has 1 aromatic rings. The molecule has 156 valence electrons. The molecule has 8 heteroatoms. The van der Waals surface area contributed by atoms with Gasteiger partial charge in [0.15, 0.2) is 11.5 Å². The molecule has 28 heavy (non-hydrogen) atoms. The monoisotopic (exact) mass is 412 g/mol. The molecule has 7 nitrogen and oxygen atoms in total. The zero-order valence-corrected chi connectivity index (χ0v) is 18.0. The summed E-state index contributed by atoms with van der Waals surface area (Å²) >= 11 is 0. The summed E-state index contributed by atoms with van der Waals surface area (Å²) < 4.78 is 22.2. The highest BCUT2D eigenvalue weighted by molar-refractivity contribution is 8.02. The van der Waals surface area contributed by atoms with E-state index in [9.17, 15) is 18.6 Å². The topological polar surface area (TPSA) is 98.8 Å². The molecule has 1 N–H and O–H groups in total. The van der Waals surface area contributed by atoms with Gasteiger partial charge in [-0.1, -0.05) is 30.3 Å². The average molecular weight is 413 g/mol. The second-order valence-electron chi connectivity index (χ2n) is 7.95. The van der Waals surface area contributed by atoms with Crippen molar-refractivity contribution in [2.75, 3.05) is 18.3 Å². The fraction of sp³-hybridized carbons (Fsp3) is 0.550. The molecular formula is C20H30NO6S+. The largest absolute Gasteiger partial charge is 0.459 e. The van der Waals surface area contributed by atoms with Gasteiger partial charge in [0.1, 0.15) is 30.8 Å². The maximum Gasteiger partial charge on any atom is 0.408 e. The van der Waals surface area contributed by atoms with Gasteiger partial charge in [-0.3, -0.25) is 4.79 Å². The Labute approximate surface area is 167 Å². The van der Waals surface area contributed by atoms with Crippen LogP contribution >= 0.6 is 0 Å². The highest BCUT2D eigenvalue weighted by atomic mass is 32.2. The number of Topliss-reactive ketones (excluding diaryl/α,β-unsaturated/α-hetero) is 1. The van der Waals surface area contributed by atoms with E-state index in [-0.39, 0.29) is 31.0 Å². The van der Waals surface area contributed by atoms with E-state index in [0.717, 1.165) is 5.56 Å². The minimum absolute atomic E-state index is 0.000425. The van der Waals surface area contributed by atoms with E-state index in [2.05, 4.69) is 5.32 Å². The minimum atomic E-state index is -2.21. The second kappa shape index (κ2) is 10.4. The molecule has 0 radical (unpaired) electrons. The molecule has 1 amide bonds. The highest BCUT2D eigenvalue weighted by Crippen LogP contribution is 2.10. The van der Waals surface area contributed by atoms with Crippen LogP contribution in [0, 0.1) is 0 Å². The smallest absolute Gasteiger partial charge is 0.408 e. The van der Waals surface area contributed by atoms with E-state index in [1.54, 1.807) is 20.8 Å². The maximum absolute atomic E-state index is 12.5. The Balaban J connectivity index is 2.72. The predicted molar refractivity (Wildman–Crippen MR) is 108 cm³/mol. The lowest BCUT2D eigenvalue weighted by Gasteiger charge is -2.23. The average Bonchev–Trinajstić information content (AvgIpc) is 2.54. The first-order valence-corrected chi connectivity index (χ1v) is 11.5. The summed E-state index contributed by atoms with van der Waals surface area (Å²) in [7, 11) is -2.21. The van der Waals surface area contributed by atoms with E-state index in [1.165, 1.54) is 12.5 Å². The van der Waals surface area contributed by atoms with Crippen molar-refractivity contribution in [3.05, 3.63) is 35.9 Å². The molecule has 0 aromatic heterocycles. The van der Waals surface area contributed by atoms with E-state index < -0.39 is 33.6 Å². The van der Waals surface area contributed by atoms with Gasteiger partial charge >= 0.3 is 12.1 Å². The van der Waals surface area contributed by atoms with Crippen LogP contribution < -0.4 is 5.32 Å². The van der Waals surface area contributed by atoms with Gasteiger partial charge in [0, 0.05) is 6.42 Å². The number of alkyl carbamates (subject to hydrolysis) is 1. The molecule has 0 aliphatic carbocycles. The third-order valence-corrected chi connectivity index (χ3v) is 4.44. The molecule has 0 fully saturated rings. The molecule has 1 atom stereocenters. The van der Waals surface area contributed by atoms with Crippen LogP contribution in [-0.2, 0) is 39.8 Å². The first-order valence-electron chi connectivity index (χ1n) is 8.99. The Kier molecular flexibility index (Phi) is 8.81. The summed E-state index contributed by atoms with van der Waals surface area (Å²) in [5.74, 6) is -0.955. The SMILES string of the molecule is CC(C)(C)OC(=O)NC(CCC(=O)C[S+](C)(C)=O)C(=O)OCc1ccccc1. The maximum atomic E-state index is 12.5. The lowest BCUT2D eigenvalue weighted by atomic mass is 10.1. The molecule has 0 aliphatic heterocycles. The van der Waals surface area contributed by atoms with Gasteiger partial charge in [-0.2, -0.15) is 0 Å². The van der Waals surface area contributed by atoms with Crippen molar-refractivity contribution in [2.45, 2.75) is 51.9 Å². The molecule has 1 aromatic carbocycles.